The Morgan fingerprint density at radius 1 is 1.57 bits per heavy atom. The summed E-state index contributed by atoms with van der Waals surface area (Å²) in [5.74, 6) is 0.986. The SMILES string of the molecule is CCNC(CC1CC1)c1ccc(Br)s1. The highest BCUT2D eigenvalue weighted by molar-refractivity contribution is 9.11. The van der Waals surface area contributed by atoms with Crippen molar-refractivity contribution >= 4 is 27.3 Å². The Kier molecular flexibility index (Phi) is 3.63. The third kappa shape index (κ3) is 2.81. The minimum absolute atomic E-state index is 0.587. The van der Waals surface area contributed by atoms with E-state index in [9.17, 15) is 0 Å². The highest BCUT2D eigenvalue weighted by atomic mass is 79.9. The molecule has 1 aliphatic rings. The topological polar surface area (TPSA) is 12.0 Å². The van der Waals surface area contributed by atoms with Crippen molar-refractivity contribution in [3.8, 4) is 0 Å². The molecule has 1 aromatic heterocycles. The van der Waals surface area contributed by atoms with Crippen molar-refractivity contribution in [2.45, 2.75) is 32.2 Å². The van der Waals surface area contributed by atoms with Crippen LogP contribution in [0.2, 0.25) is 0 Å². The van der Waals surface area contributed by atoms with Gasteiger partial charge in [0.1, 0.15) is 0 Å². The first-order valence-corrected chi connectivity index (χ1v) is 6.89. The van der Waals surface area contributed by atoms with Crippen LogP contribution in [-0.2, 0) is 0 Å². The molecule has 0 aliphatic heterocycles. The molecule has 2 rings (SSSR count). The quantitative estimate of drug-likeness (QED) is 0.857. The molecule has 3 heteroatoms. The largest absolute Gasteiger partial charge is 0.310 e. The first-order valence-electron chi connectivity index (χ1n) is 5.28. The van der Waals surface area contributed by atoms with Gasteiger partial charge in [-0.15, -0.1) is 11.3 Å². The molecule has 1 atom stereocenters. The van der Waals surface area contributed by atoms with E-state index in [4.69, 9.17) is 0 Å². The maximum atomic E-state index is 3.57. The van der Waals surface area contributed by atoms with Gasteiger partial charge in [-0.05, 0) is 46.9 Å². The molecule has 1 unspecified atom stereocenters. The molecule has 0 aromatic carbocycles. The molecule has 1 heterocycles. The summed E-state index contributed by atoms with van der Waals surface area (Å²) in [5.41, 5.74) is 0. The number of hydrogen-bond donors (Lipinski definition) is 1. The summed E-state index contributed by atoms with van der Waals surface area (Å²) in [6.45, 7) is 3.25. The summed E-state index contributed by atoms with van der Waals surface area (Å²) in [5, 5.41) is 3.57. The van der Waals surface area contributed by atoms with Crippen LogP contribution in [0, 0.1) is 5.92 Å². The molecule has 1 nitrogen and oxygen atoms in total. The zero-order valence-electron chi connectivity index (χ0n) is 8.42. The molecule has 1 saturated carbocycles. The Balaban J connectivity index is 2.00. The second kappa shape index (κ2) is 4.77. The monoisotopic (exact) mass is 273 g/mol. The van der Waals surface area contributed by atoms with Gasteiger partial charge in [-0.3, -0.25) is 0 Å². The van der Waals surface area contributed by atoms with Gasteiger partial charge in [0, 0.05) is 10.9 Å². The van der Waals surface area contributed by atoms with Gasteiger partial charge < -0.3 is 5.32 Å². The summed E-state index contributed by atoms with van der Waals surface area (Å²) in [6.07, 6.45) is 4.20. The molecule has 0 bridgehead atoms. The third-order valence-electron chi connectivity index (χ3n) is 2.65. The normalized spacial score (nSPS) is 18.4. The molecule has 0 saturated heterocycles. The number of thiophene rings is 1. The van der Waals surface area contributed by atoms with Crippen molar-refractivity contribution in [1.29, 1.82) is 0 Å². The van der Waals surface area contributed by atoms with Gasteiger partial charge in [0.15, 0.2) is 0 Å². The summed E-state index contributed by atoms with van der Waals surface area (Å²) < 4.78 is 1.24. The van der Waals surface area contributed by atoms with E-state index in [0.29, 0.717) is 6.04 Å². The van der Waals surface area contributed by atoms with E-state index in [2.05, 4.69) is 40.3 Å². The fourth-order valence-electron chi connectivity index (χ4n) is 1.75. The lowest BCUT2D eigenvalue weighted by Gasteiger charge is -2.15. The van der Waals surface area contributed by atoms with E-state index in [1.165, 1.54) is 27.9 Å². The van der Waals surface area contributed by atoms with Gasteiger partial charge in [-0.2, -0.15) is 0 Å². The summed E-state index contributed by atoms with van der Waals surface area (Å²) in [6, 6.07) is 4.98. The van der Waals surface area contributed by atoms with Gasteiger partial charge in [-0.1, -0.05) is 19.8 Å². The van der Waals surface area contributed by atoms with E-state index in [1.54, 1.807) is 0 Å². The van der Waals surface area contributed by atoms with Crippen LogP contribution in [0.1, 0.15) is 37.1 Å². The van der Waals surface area contributed by atoms with Crippen LogP contribution in [0.15, 0.2) is 15.9 Å². The summed E-state index contributed by atoms with van der Waals surface area (Å²) >= 11 is 5.38. The maximum Gasteiger partial charge on any atom is 0.0701 e. The molecule has 1 aliphatic carbocycles. The van der Waals surface area contributed by atoms with Crippen molar-refractivity contribution in [2.75, 3.05) is 6.54 Å². The molecule has 78 valence electrons. The van der Waals surface area contributed by atoms with Crippen LogP contribution >= 0.6 is 27.3 Å². The van der Waals surface area contributed by atoms with Crippen molar-refractivity contribution < 1.29 is 0 Å². The maximum absolute atomic E-state index is 3.57. The molecular weight excluding hydrogens is 258 g/mol. The molecule has 0 amide bonds. The minimum atomic E-state index is 0.587. The predicted octanol–water partition coefficient (Wildman–Crippen LogP) is 3.96. The fraction of sp³-hybridized carbons (Fsp3) is 0.636. The highest BCUT2D eigenvalue weighted by Gasteiger charge is 2.26. The van der Waals surface area contributed by atoms with Crippen molar-refractivity contribution in [3.63, 3.8) is 0 Å². The summed E-state index contributed by atoms with van der Waals surface area (Å²) in [4.78, 5) is 1.48. The number of hydrogen-bond acceptors (Lipinski definition) is 2. The average Bonchev–Trinajstić information content (AvgIpc) is 2.87. The highest BCUT2D eigenvalue weighted by Crippen LogP contribution is 2.39. The Hall–Kier alpha value is 0.140. The fourth-order valence-corrected chi connectivity index (χ4v) is 3.26. The summed E-state index contributed by atoms with van der Waals surface area (Å²) in [7, 11) is 0. The molecule has 1 fully saturated rings. The van der Waals surface area contributed by atoms with E-state index in [1.807, 2.05) is 11.3 Å². The van der Waals surface area contributed by atoms with Crippen molar-refractivity contribution in [1.82, 2.24) is 5.32 Å². The van der Waals surface area contributed by atoms with Gasteiger partial charge >= 0.3 is 0 Å². The first kappa shape index (κ1) is 10.7. The zero-order chi connectivity index (χ0) is 9.97. The van der Waals surface area contributed by atoms with Crippen LogP contribution in [0.4, 0.5) is 0 Å². The van der Waals surface area contributed by atoms with E-state index >= 15 is 0 Å². The Morgan fingerprint density at radius 3 is 2.86 bits per heavy atom. The Labute approximate surface area is 98.0 Å². The van der Waals surface area contributed by atoms with Crippen molar-refractivity contribution in [2.24, 2.45) is 5.92 Å². The number of halogens is 1. The van der Waals surface area contributed by atoms with Gasteiger partial charge in [0.05, 0.1) is 3.79 Å². The molecule has 1 N–H and O–H groups in total. The molecule has 0 radical (unpaired) electrons. The smallest absolute Gasteiger partial charge is 0.0701 e. The Bertz CT molecular complexity index is 293. The standard InChI is InChI=1S/C11H16BrNS/c1-2-13-9(7-8-3-4-8)10-5-6-11(12)14-10/h5-6,8-9,13H,2-4,7H2,1H3. The number of nitrogens with one attached hydrogen (secondary N) is 1. The lowest BCUT2D eigenvalue weighted by atomic mass is 10.1. The Morgan fingerprint density at radius 2 is 2.36 bits per heavy atom. The van der Waals surface area contributed by atoms with E-state index in [0.717, 1.165) is 12.5 Å². The average molecular weight is 274 g/mol. The van der Waals surface area contributed by atoms with Gasteiger partial charge in [0.2, 0.25) is 0 Å². The molecule has 0 spiro atoms. The lowest BCUT2D eigenvalue weighted by Crippen LogP contribution is -2.20. The molecule has 1 aromatic rings. The van der Waals surface area contributed by atoms with Gasteiger partial charge in [0.25, 0.3) is 0 Å². The van der Waals surface area contributed by atoms with Gasteiger partial charge in [-0.25, -0.2) is 0 Å². The second-order valence-electron chi connectivity index (χ2n) is 3.93. The van der Waals surface area contributed by atoms with Crippen molar-refractivity contribution in [3.05, 3.63) is 20.8 Å². The van der Waals surface area contributed by atoms with Crippen LogP contribution in [0.3, 0.4) is 0 Å². The zero-order valence-corrected chi connectivity index (χ0v) is 10.8. The second-order valence-corrected chi connectivity index (χ2v) is 6.43. The molecular formula is C11H16BrNS. The number of rotatable bonds is 5. The predicted molar refractivity (Wildman–Crippen MR) is 65.8 cm³/mol. The van der Waals surface area contributed by atoms with Crippen LogP contribution < -0.4 is 5.32 Å². The third-order valence-corrected chi connectivity index (χ3v) is 4.39. The van der Waals surface area contributed by atoms with E-state index < -0.39 is 0 Å². The van der Waals surface area contributed by atoms with Crippen LogP contribution in [0.25, 0.3) is 0 Å². The molecule has 14 heavy (non-hydrogen) atoms. The minimum Gasteiger partial charge on any atom is -0.310 e. The first-order chi connectivity index (χ1) is 6.79. The van der Waals surface area contributed by atoms with Crippen LogP contribution in [0.5, 0.6) is 0 Å². The van der Waals surface area contributed by atoms with Crippen LogP contribution in [-0.4, -0.2) is 6.54 Å². The lowest BCUT2D eigenvalue weighted by molar-refractivity contribution is 0.493. The van der Waals surface area contributed by atoms with E-state index in [-0.39, 0.29) is 0 Å².